The van der Waals surface area contributed by atoms with Crippen LogP contribution in [0.25, 0.3) is 0 Å². The molecular weight excluding hydrogens is 676 g/mol. The molecule has 4 rings (SSSR count). The zero-order chi connectivity index (χ0) is 23.0. The molecule has 0 unspecified atom stereocenters. The van der Waals surface area contributed by atoms with Gasteiger partial charge in [-0.15, -0.1) is 0 Å². The number of carbonyl (C=O) groups is 2. The molecule has 0 fully saturated rings. The van der Waals surface area contributed by atoms with Gasteiger partial charge in [-0.05, 0) is 84.6 Å². The molecule has 170 valence electrons. The molecule has 12 heteroatoms. The number of hydrogen-bond acceptors (Lipinski definition) is 4. The summed E-state index contributed by atoms with van der Waals surface area (Å²) in [5, 5.41) is 6.07. The molecule has 2 aliphatic rings. The number of nitrogen functional groups attached to an aromatic ring is 1. The standard InChI is InChI=1S/C20H20Br4N6O2/c21-11-1-8(2-12(11)22)18(31)26-6-9-3-14-15(30-20(25)29-14)4-10(9)7-27-19(32)16-5-13(23)17(24)28-16/h1,5,9-10,28H,2-4,6-7H2,(H,26,31)(H,27,32)(H3,25,29,30)/t9-,10-/m0/s1. The summed E-state index contributed by atoms with van der Waals surface area (Å²) in [5.74, 6) is 0.333. The van der Waals surface area contributed by atoms with E-state index >= 15 is 0 Å². The third kappa shape index (κ3) is 5.23. The van der Waals surface area contributed by atoms with Crippen molar-refractivity contribution in [3.8, 4) is 0 Å². The highest BCUT2D eigenvalue weighted by atomic mass is 79.9. The highest BCUT2D eigenvalue weighted by Gasteiger charge is 2.32. The Balaban J connectivity index is 1.41. The van der Waals surface area contributed by atoms with Crippen molar-refractivity contribution in [1.29, 1.82) is 0 Å². The molecule has 8 nitrogen and oxygen atoms in total. The number of amides is 2. The highest BCUT2D eigenvalue weighted by Crippen LogP contribution is 2.34. The molecule has 2 amide bonds. The Morgan fingerprint density at radius 1 is 1.06 bits per heavy atom. The van der Waals surface area contributed by atoms with Crippen LogP contribution >= 0.6 is 63.7 Å². The summed E-state index contributed by atoms with van der Waals surface area (Å²) < 4.78 is 3.35. The summed E-state index contributed by atoms with van der Waals surface area (Å²) in [7, 11) is 0. The number of nitrogens with two attached hydrogens (primary N) is 1. The fourth-order valence-corrected chi connectivity index (χ4v) is 5.48. The number of nitrogens with zero attached hydrogens (tertiary/aromatic N) is 1. The molecule has 0 saturated heterocycles. The third-order valence-electron chi connectivity index (χ3n) is 5.69. The maximum atomic E-state index is 12.7. The van der Waals surface area contributed by atoms with Crippen molar-refractivity contribution in [3.05, 3.63) is 52.8 Å². The molecule has 2 heterocycles. The molecule has 0 saturated carbocycles. The van der Waals surface area contributed by atoms with Crippen LogP contribution < -0.4 is 16.4 Å². The van der Waals surface area contributed by atoms with Crippen LogP contribution in [0, 0.1) is 11.8 Å². The second kappa shape index (κ2) is 9.86. The van der Waals surface area contributed by atoms with E-state index in [2.05, 4.69) is 89.3 Å². The SMILES string of the molecule is Nc1nc2c([nH]1)C[C@@H](CNC(=O)C1=CC(Br)=C(Br)C1)[C@H](CNC(=O)c1cc(Br)c(Br)[nH]1)C2. The van der Waals surface area contributed by atoms with Crippen molar-refractivity contribution in [2.24, 2.45) is 11.8 Å². The van der Waals surface area contributed by atoms with Crippen molar-refractivity contribution in [3.63, 3.8) is 0 Å². The number of aromatic nitrogens is 3. The first-order valence-electron chi connectivity index (χ1n) is 9.89. The Morgan fingerprint density at radius 3 is 2.38 bits per heavy atom. The Kier molecular flexibility index (Phi) is 7.33. The van der Waals surface area contributed by atoms with Gasteiger partial charge >= 0.3 is 0 Å². The zero-order valence-electron chi connectivity index (χ0n) is 16.7. The van der Waals surface area contributed by atoms with Crippen LogP contribution in [0.2, 0.25) is 0 Å². The number of fused-ring (bicyclic) bond motifs is 1. The van der Waals surface area contributed by atoms with E-state index in [9.17, 15) is 9.59 Å². The smallest absolute Gasteiger partial charge is 0.267 e. The van der Waals surface area contributed by atoms with Crippen LogP contribution in [-0.4, -0.2) is 39.9 Å². The average molecular weight is 696 g/mol. The molecule has 0 radical (unpaired) electrons. The predicted molar refractivity (Wildman–Crippen MR) is 137 cm³/mol. The highest BCUT2D eigenvalue weighted by molar-refractivity contribution is 9.14. The van der Waals surface area contributed by atoms with Crippen LogP contribution in [0.4, 0.5) is 5.95 Å². The zero-order valence-corrected chi connectivity index (χ0v) is 23.0. The molecule has 6 N–H and O–H groups in total. The normalized spacial score (nSPS) is 20.2. The Bertz CT molecular complexity index is 1120. The molecule has 2 aromatic heterocycles. The number of H-pyrrole nitrogens is 2. The molecule has 0 aromatic carbocycles. The third-order valence-corrected chi connectivity index (χ3v) is 9.42. The topological polar surface area (TPSA) is 129 Å². The van der Waals surface area contributed by atoms with Gasteiger partial charge in [-0.3, -0.25) is 9.59 Å². The van der Waals surface area contributed by atoms with Crippen LogP contribution in [-0.2, 0) is 17.6 Å². The lowest BCUT2D eigenvalue weighted by atomic mass is 9.79. The van der Waals surface area contributed by atoms with Crippen molar-refractivity contribution < 1.29 is 9.59 Å². The Morgan fingerprint density at radius 2 is 1.75 bits per heavy atom. The first kappa shape index (κ1) is 23.8. The van der Waals surface area contributed by atoms with Crippen LogP contribution in [0.1, 0.15) is 28.3 Å². The summed E-state index contributed by atoms with van der Waals surface area (Å²) in [4.78, 5) is 35.7. The number of allylic oxidation sites excluding steroid dienone is 3. The summed E-state index contributed by atoms with van der Waals surface area (Å²) in [6.07, 6.45) is 3.77. The van der Waals surface area contributed by atoms with Gasteiger partial charge in [0.05, 0.1) is 14.8 Å². The van der Waals surface area contributed by atoms with E-state index in [1.807, 2.05) is 6.08 Å². The lowest BCUT2D eigenvalue weighted by Gasteiger charge is -2.31. The van der Waals surface area contributed by atoms with Gasteiger partial charge in [0.1, 0.15) is 5.69 Å². The average Bonchev–Trinajstić information content (AvgIpc) is 3.39. The number of anilines is 1. The van der Waals surface area contributed by atoms with E-state index in [-0.39, 0.29) is 23.7 Å². The summed E-state index contributed by atoms with van der Waals surface area (Å²) >= 11 is 13.6. The predicted octanol–water partition coefficient (Wildman–Crippen LogP) is 4.05. The molecule has 0 aliphatic heterocycles. The van der Waals surface area contributed by atoms with Gasteiger partial charge in [0, 0.05) is 39.7 Å². The van der Waals surface area contributed by atoms with Crippen molar-refractivity contribution in [2.75, 3.05) is 18.8 Å². The van der Waals surface area contributed by atoms with E-state index in [4.69, 9.17) is 5.73 Å². The van der Waals surface area contributed by atoms with E-state index < -0.39 is 0 Å². The number of imidazole rings is 1. The maximum absolute atomic E-state index is 12.7. The second-order valence-corrected chi connectivity index (χ2v) is 11.3. The summed E-state index contributed by atoms with van der Waals surface area (Å²) in [6.45, 7) is 0.949. The van der Waals surface area contributed by atoms with Crippen molar-refractivity contribution >= 4 is 81.5 Å². The van der Waals surface area contributed by atoms with E-state index in [1.165, 1.54) is 0 Å². The number of nitrogens with one attached hydrogen (secondary N) is 4. The van der Waals surface area contributed by atoms with Gasteiger partial charge in [0.25, 0.3) is 5.91 Å². The molecule has 2 atom stereocenters. The van der Waals surface area contributed by atoms with E-state index in [0.29, 0.717) is 54.2 Å². The fraction of sp³-hybridized carbons (Fsp3) is 0.350. The molecule has 2 aliphatic carbocycles. The van der Waals surface area contributed by atoms with Crippen LogP contribution in [0.15, 0.2) is 35.8 Å². The lowest BCUT2D eigenvalue weighted by Crippen LogP contribution is -2.42. The molecule has 0 bridgehead atoms. The number of halogens is 4. The van der Waals surface area contributed by atoms with Gasteiger partial charge in [-0.2, -0.15) is 0 Å². The van der Waals surface area contributed by atoms with Gasteiger partial charge in [-0.25, -0.2) is 4.98 Å². The van der Waals surface area contributed by atoms with Gasteiger partial charge < -0.3 is 26.3 Å². The number of rotatable bonds is 6. The first-order valence-corrected chi connectivity index (χ1v) is 13.1. The minimum absolute atomic E-state index is 0.0878. The molecular formula is C20H20Br4N6O2. The number of carbonyl (C=O) groups excluding carboxylic acids is 2. The van der Waals surface area contributed by atoms with Crippen molar-refractivity contribution in [2.45, 2.75) is 19.3 Å². The fourth-order valence-electron chi connectivity index (χ4n) is 3.99. The number of aromatic amines is 2. The quantitative estimate of drug-likeness (QED) is 0.313. The number of hydrogen-bond donors (Lipinski definition) is 5. The van der Waals surface area contributed by atoms with Crippen molar-refractivity contribution in [1.82, 2.24) is 25.6 Å². The minimum atomic E-state index is -0.191. The summed E-state index contributed by atoms with van der Waals surface area (Å²) in [5.41, 5.74) is 8.94. The molecule has 2 aromatic rings. The van der Waals surface area contributed by atoms with Gasteiger partial charge in [-0.1, -0.05) is 15.9 Å². The van der Waals surface area contributed by atoms with E-state index in [1.54, 1.807) is 6.07 Å². The largest absolute Gasteiger partial charge is 0.369 e. The Labute approximate surface area is 218 Å². The summed E-state index contributed by atoms with van der Waals surface area (Å²) in [6, 6.07) is 1.73. The van der Waals surface area contributed by atoms with Gasteiger partial charge in [0.2, 0.25) is 5.91 Å². The Hall–Kier alpha value is -1.37. The first-order chi connectivity index (χ1) is 15.2. The molecule has 0 spiro atoms. The molecule has 32 heavy (non-hydrogen) atoms. The second-order valence-electron chi connectivity index (χ2n) is 7.84. The van der Waals surface area contributed by atoms with Gasteiger partial charge in [0.15, 0.2) is 5.95 Å². The maximum Gasteiger partial charge on any atom is 0.267 e. The monoisotopic (exact) mass is 692 g/mol. The minimum Gasteiger partial charge on any atom is -0.369 e. The lowest BCUT2D eigenvalue weighted by molar-refractivity contribution is -0.117. The van der Waals surface area contributed by atoms with Crippen LogP contribution in [0.5, 0.6) is 0 Å². The van der Waals surface area contributed by atoms with Crippen LogP contribution in [0.3, 0.4) is 0 Å². The van der Waals surface area contributed by atoms with E-state index in [0.717, 1.165) is 24.8 Å².